The molecule has 1 heterocycles. The predicted octanol–water partition coefficient (Wildman–Crippen LogP) is 0.999. The van der Waals surface area contributed by atoms with Crippen molar-refractivity contribution in [1.82, 2.24) is 4.90 Å². The molecule has 1 saturated heterocycles. The summed E-state index contributed by atoms with van der Waals surface area (Å²) >= 11 is 0. The summed E-state index contributed by atoms with van der Waals surface area (Å²) < 4.78 is 5.56. The molecule has 1 aliphatic heterocycles. The van der Waals surface area contributed by atoms with E-state index in [1.807, 2.05) is 18.7 Å². The largest absolute Gasteiger partial charge is 0.378 e. The lowest BCUT2D eigenvalue weighted by molar-refractivity contribution is -0.135. The summed E-state index contributed by atoms with van der Waals surface area (Å²) in [5, 5.41) is 0. The topological polar surface area (TPSA) is 55.6 Å². The second-order valence-corrected chi connectivity index (χ2v) is 4.31. The van der Waals surface area contributed by atoms with Gasteiger partial charge in [0.05, 0.1) is 12.0 Å². The number of carbonyl (C=O) groups is 1. The first kappa shape index (κ1) is 13.5. The van der Waals surface area contributed by atoms with Gasteiger partial charge in [-0.2, -0.15) is 0 Å². The number of nitrogens with two attached hydrogens (primary N) is 1. The lowest BCUT2D eigenvalue weighted by Gasteiger charge is -2.25. The highest BCUT2D eigenvalue weighted by atomic mass is 16.5. The Morgan fingerprint density at radius 3 is 2.62 bits per heavy atom. The lowest BCUT2D eigenvalue weighted by Crippen LogP contribution is -2.40. The number of ether oxygens (including phenoxy) is 1. The number of carbonyl (C=O) groups excluding carboxylic acids is 1. The second-order valence-electron chi connectivity index (χ2n) is 4.31. The minimum atomic E-state index is -0.0667. The van der Waals surface area contributed by atoms with Gasteiger partial charge in [-0.25, -0.2) is 0 Å². The van der Waals surface area contributed by atoms with E-state index in [4.69, 9.17) is 10.5 Å². The van der Waals surface area contributed by atoms with Crippen LogP contribution in [-0.2, 0) is 9.53 Å². The molecule has 0 aromatic heterocycles. The molecule has 1 rings (SSSR count). The van der Waals surface area contributed by atoms with E-state index in [-0.39, 0.29) is 17.9 Å². The van der Waals surface area contributed by atoms with E-state index >= 15 is 0 Å². The lowest BCUT2D eigenvalue weighted by atomic mass is 9.98. The van der Waals surface area contributed by atoms with Gasteiger partial charge in [0, 0.05) is 26.2 Å². The average molecular weight is 228 g/mol. The van der Waals surface area contributed by atoms with E-state index in [0.29, 0.717) is 6.54 Å². The number of hydrogen-bond donors (Lipinski definition) is 1. The van der Waals surface area contributed by atoms with Crippen LogP contribution in [-0.4, -0.2) is 43.2 Å². The summed E-state index contributed by atoms with van der Waals surface area (Å²) in [5.41, 5.74) is 5.70. The molecule has 0 aromatic carbocycles. The standard InChI is InChI=1S/C12H24N2O2/c1-3-14(4-2)12(15)10(9-13)8-11-6-5-7-16-11/h10-11H,3-9,13H2,1-2H3. The Kier molecular flexibility index (Phi) is 5.77. The van der Waals surface area contributed by atoms with Crippen LogP contribution in [0.15, 0.2) is 0 Å². The van der Waals surface area contributed by atoms with Crippen molar-refractivity contribution in [1.29, 1.82) is 0 Å². The first-order valence-corrected chi connectivity index (χ1v) is 6.33. The van der Waals surface area contributed by atoms with Gasteiger partial charge in [-0.1, -0.05) is 0 Å². The van der Waals surface area contributed by atoms with Crippen LogP contribution < -0.4 is 5.73 Å². The van der Waals surface area contributed by atoms with Crippen LogP contribution in [0.2, 0.25) is 0 Å². The molecule has 1 fully saturated rings. The van der Waals surface area contributed by atoms with Gasteiger partial charge in [0.15, 0.2) is 0 Å². The molecule has 1 amide bonds. The van der Waals surface area contributed by atoms with Crippen molar-refractivity contribution in [3.05, 3.63) is 0 Å². The van der Waals surface area contributed by atoms with Crippen molar-refractivity contribution in [2.45, 2.75) is 39.2 Å². The smallest absolute Gasteiger partial charge is 0.227 e. The van der Waals surface area contributed by atoms with Crippen molar-refractivity contribution in [2.24, 2.45) is 11.7 Å². The average Bonchev–Trinajstić information content (AvgIpc) is 2.80. The Bertz CT molecular complexity index is 211. The number of amides is 1. The van der Waals surface area contributed by atoms with Crippen molar-refractivity contribution in [3.63, 3.8) is 0 Å². The molecule has 2 unspecified atom stereocenters. The maximum absolute atomic E-state index is 12.1. The Labute approximate surface area is 98.1 Å². The van der Waals surface area contributed by atoms with Crippen LogP contribution >= 0.6 is 0 Å². The third-order valence-electron chi connectivity index (χ3n) is 3.28. The summed E-state index contributed by atoms with van der Waals surface area (Å²) in [6.07, 6.45) is 3.21. The van der Waals surface area contributed by atoms with Gasteiger partial charge < -0.3 is 15.4 Å². The van der Waals surface area contributed by atoms with E-state index in [0.717, 1.165) is 39.0 Å². The third-order valence-corrected chi connectivity index (χ3v) is 3.28. The third kappa shape index (κ3) is 3.46. The van der Waals surface area contributed by atoms with Crippen LogP contribution in [0.3, 0.4) is 0 Å². The molecule has 94 valence electrons. The number of hydrogen-bond acceptors (Lipinski definition) is 3. The first-order valence-electron chi connectivity index (χ1n) is 6.33. The van der Waals surface area contributed by atoms with Gasteiger partial charge in [0.1, 0.15) is 0 Å². The van der Waals surface area contributed by atoms with Gasteiger partial charge in [0.25, 0.3) is 0 Å². The Balaban J connectivity index is 2.48. The summed E-state index contributed by atoms with van der Waals surface area (Å²) in [4.78, 5) is 14.0. The van der Waals surface area contributed by atoms with Crippen LogP contribution in [0, 0.1) is 5.92 Å². The minimum absolute atomic E-state index is 0.0667. The van der Waals surface area contributed by atoms with Crippen molar-refractivity contribution in [2.75, 3.05) is 26.2 Å². The minimum Gasteiger partial charge on any atom is -0.378 e. The molecule has 0 bridgehead atoms. The fourth-order valence-electron chi connectivity index (χ4n) is 2.24. The fourth-order valence-corrected chi connectivity index (χ4v) is 2.24. The number of rotatable bonds is 6. The summed E-state index contributed by atoms with van der Waals surface area (Å²) in [6, 6.07) is 0. The van der Waals surface area contributed by atoms with Crippen LogP contribution in [0.4, 0.5) is 0 Å². The van der Waals surface area contributed by atoms with Crippen molar-refractivity contribution < 1.29 is 9.53 Å². The van der Waals surface area contributed by atoms with Crippen molar-refractivity contribution >= 4 is 5.91 Å². The van der Waals surface area contributed by atoms with E-state index in [2.05, 4.69) is 0 Å². The maximum atomic E-state index is 12.1. The summed E-state index contributed by atoms with van der Waals surface area (Å²) in [7, 11) is 0. The van der Waals surface area contributed by atoms with E-state index in [1.165, 1.54) is 0 Å². The fraction of sp³-hybridized carbons (Fsp3) is 0.917. The molecule has 2 N–H and O–H groups in total. The molecule has 0 aliphatic carbocycles. The van der Waals surface area contributed by atoms with E-state index in [9.17, 15) is 4.79 Å². The quantitative estimate of drug-likeness (QED) is 0.738. The highest BCUT2D eigenvalue weighted by molar-refractivity contribution is 5.79. The maximum Gasteiger partial charge on any atom is 0.227 e. The molecule has 1 aliphatic rings. The Hall–Kier alpha value is -0.610. The SMILES string of the molecule is CCN(CC)C(=O)C(CN)CC1CCCO1. The van der Waals surface area contributed by atoms with Crippen molar-refractivity contribution in [3.8, 4) is 0 Å². The number of nitrogens with zero attached hydrogens (tertiary/aromatic N) is 1. The van der Waals surface area contributed by atoms with E-state index in [1.54, 1.807) is 0 Å². The Morgan fingerprint density at radius 2 is 2.19 bits per heavy atom. The van der Waals surface area contributed by atoms with Crippen LogP contribution in [0.5, 0.6) is 0 Å². The van der Waals surface area contributed by atoms with Gasteiger partial charge in [-0.15, -0.1) is 0 Å². The molecule has 0 saturated carbocycles. The van der Waals surface area contributed by atoms with Gasteiger partial charge in [-0.05, 0) is 33.1 Å². The van der Waals surface area contributed by atoms with Crippen LogP contribution in [0.1, 0.15) is 33.1 Å². The van der Waals surface area contributed by atoms with Gasteiger partial charge in [0.2, 0.25) is 5.91 Å². The highest BCUT2D eigenvalue weighted by Crippen LogP contribution is 2.20. The first-order chi connectivity index (χ1) is 7.72. The Morgan fingerprint density at radius 1 is 1.50 bits per heavy atom. The molecular formula is C12H24N2O2. The highest BCUT2D eigenvalue weighted by Gasteiger charge is 2.26. The summed E-state index contributed by atoms with van der Waals surface area (Å²) in [6.45, 7) is 6.79. The zero-order valence-corrected chi connectivity index (χ0v) is 10.4. The van der Waals surface area contributed by atoms with Gasteiger partial charge >= 0.3 is 0 Å². The molecule has 0 radical (unpaired) electrons. The molecule has 2 atom stereocenters. The zero-order valence-electron chi connectivity index (χ0n) is 10.4. The normalized spacial score (nSPS) is 22.1. The molecule has 0 spiro atoms. The molecule has 4 heteroatoms. The summed E-state index contributed by atoms with van der Waals surface area (Å²) in [5.74, 6) is 0.117. The molecule has 16 heavy (non-hydrogen) atoms. The van der Waals surface area contributed by atoms with Gasteiger partial charge in [-0.3, -0.25) is 4.79 Å². The second kappa shape index (κ2) is 6.86. The monoisotopic (exact) mass is 228 g/mol. The predicted molar refractivity (Wildman–Crippen MR) is 64.1 cm³/mol. The molecule has 4 nitrogen and oxygen atoms in total. The van der Waals surface area contributed by atoms with Crippen LogP contribution in [0.25, 0.3) is 0 Å². The van der Waals surface area contributed by atoms with E-state index < -0.39 is 0 Å². The zero-order chi connectivity index (χ0) is 12.0. The molecular weight excluding hydrogens is 204 g/mol. The molecule has 0 aromatic rings.